The van der Waals surface area contributed by atoms with Crippen LogP contribution in [0.15, 0.2) is 22.6 Å². The average molecular weight is 254 g/mol. The third kappa shape index (κ3) is 2.88. The van der Waals surface area contributed by atoms with E-state index in [1.807, 2.05) is 0 Å². The van der Waals surface area contributed by atoms with E-state index < -0.39 is 0 Å². The second-order valence-corrected chi connectivity index (χ2v) is 4.61. The van der Waals surface area contributed by atoms with E-state index >= 15 is 0 Å². The monoisotopic (exact) mass is 253 g/mol. The lowest BCUT2D eigenvalue weighted by Crippen LogP contribution is -2.21. The molecule has 0 bridgehead atoms. The summed E-state index contributed by atoms with van der Waals surface area (Å²) in [5.41, 5.74) is 1.84. The zero-order valence-corrected chi connectivity index (χ0v) is 10.6. The second kappa shape index (κ2) is 5.36. The van der Waals surface area contributed by atoms with Gasteiger partial charge in [0.25, 0.3) is 5.56 Å². The molecule has 0 fully saturated rings. The smallest absolute Gasteiger partial charge is 0.287 e. The number of nitrogens with one attached hydrogen (secondary N) is 1. The molecular formula is C12H16ClN3O. The molecule has 1 heterocycles. The Labute approximate surface area is 105 Å². The van der Waals surface area contributed by atoms with Gasteiger partial charge < -0.3 is 5.32 Å². The molecule has 92 valence electrons. The molecule has 4 nitrogen and oxygen atoms in total. The van der Waals surface area contributed by atoms with Crippen molar-refractivity contribution < 1.29 is 0 Å². The summed E-state index contributed by atoms with van der Waals surface area (Å²) in [6, 6.07) is 0. The maximum atomic E-state index is 11.5. The van der Waals surface area contributed by atoms with Crippen molar-refractivity contribution in [2.45, 2.75) is 25.7 Å². The summed E-state index contributed by atoms with van der Waals surface area (Å²) in [5, 5.41) is 7.30. The first-order chi connectivity index (χ1) is 8.18. The van der Waals surface area contributed by atoms with Crippen LogP contribution in [0.4, 0.5) is 5.69 Å². The Morgan fingerprint density at radius 1 is 1.59 bits per heavy atom. The lowest BCUT2D eigenvalue weighted by atomic mass is 10.2. The fourth-order valence-electron chi connectivity index (χ4n) is 1.96. The number of rotatable bonds is 4. The average Bonchev–Trinajstić information content (AvgIpc) is 2.82. The molecule has 1 aliphatic carbocycles. The highest BCUT2D eigenvalue weighted by Crippen LogP contribution is 2.21. The van der Waals surface area contributed by atoms with E-state index in [1.54, 1.807) is 13.2 Å². The number of allylic oxidation sites excluding steroid dienone is 1. The fourth-order valence-corrected chi connectivity index (χ4v) is 2.19. The van der Waals surface area contributed by atoms with Crippen molar-refractivity contribution in [3.8, 4) is 0 Å². The summed E-state index contributed by atoms with van der Waals surface area (Å²) in [7, 11) is 1.58. The molecule has 0 atom stereocenters. The molecule has 0 spiro atoms. The summed E-state index contributed by atoms with van der Waals surface area (Å²) in [5.74, 6) is 0. The maximum absolute atomic E-state index is 11.5. The maximum Gasteiger partial charge on any atom is 0.287 e. The number of aryl methyl sites for hydroxylation is 1. The highest BCUT2D eigenvalue weighted by atomic mass is 35.5. The normalized spacial score (nSPS) is 14.8. The van der Waals surface area contributed by atoms with Crippen molar-refractivity contribution in [2.75, 3.05) is 11.9 Å². The fraction of sp³-hybridized carbons (Fsp3) is 0.500. The lowest BCUT2D eigenvalue weighted by molar-refractivity contribution is 0.708. The molecule has 0 unspecified atom stereocenters. The zero-order valence-electron chi connectivity index (χ0n) is 9.87. The molecule has 1 N–H and O–H groups in total. The largest absolute Gasteiger partial charge is 0.382 e. The van der Waals surface area contributed by atoms with E-state index in [1.165, 1.54) is 29.5 Å². The number of hydrogen-bond acceptors (Lipinski definition) is 3. The SMILES string of the molecule is Cn1ncc(NCCC2=CCCC2)c(Cl)c1=O. The van der Waals surface area contributed by atoms with Gasteiger partial charge in [-0.15, -0.1) is 0 Å². The van der Waals surface area contributed by atoms with Gasteiger partial charge in [0.1, 0.15) is 5.02 Å². The Hall–Kier alpha value is -1.29. The molecule has 0 amide bonds. The van der Waals surface area contributed by atoms with Crippen LogP contribution in [0.25, 0.3) is 0 Å². The van der Waals surface area contributed by atoms with Gasteiger partial charge in [0.15, 0.2) is 0 Å². The van der Waals surface area contributed by atoms with Gasteiger partial charge in [-0.05, 0) is 25.7 Å². The molecule has 5 heteroatoms. The highest BCUT2D eigenvalue weighted by Gasteiger charge is 2.08. The predicted octanol–water partition coefficient (Wildman–Crippen LogP) is 2.35. The van der Waals surface area contributed by atoms with E-state index in [0.717, 1.165) is 13.0 Å². The van der Waals surface area contributed by atoms with Crippen molar-refractivity contribution in [3.05, 3.63) is 33.2 Å². The summed E-state index contributed by atoms with van der Waals surface area (Å²) < 4.78 is 1.23. The molecule has 0 aliphatic heterocycles. The van der Waals surface area contributed by atoms with Gasteiger partial charge in [0.2, 0.25) is 0 Å². The molecule has 1 aromatic heterocycles. The van der Waals surface area contributed by atoms with Crippen LogP contribution in [-0.4, -0.2) is 16.3 Å². The van der Waals surface area contributed by atoms with Crippen LogP contribution in [-0.2, 0) is 7.05 Å². The minimum Gasteiger partial charge on any atom is -0.382 e. The third-order valence-electron chi connectivity index (χ3n) is 2.97. The minimum absolute atomic E-state index is 0.211. The molecule has 0 saturated heterocycles. The molecule has 1 aliphatic rings. The van der Waals surface area contributed by atoms with Crippen LogP contribution in [0.5, 0.6) is 0 Å². The third-order valence-corrected chi connectivity index (χ3v) is 3.34. The topological polar surface area (TPSA) is 46.9 Å². The number of halogens is 1. The first-order valence-corrected chi connectivity index (χ1v) is 6.20. The Kier molecular flexibility index (Phi) is 3.84. The Morgan fingerprint density at radius 3 is 3.12 bits per heavy atom. The van der Waals surface area contributed by atoms with E-state index in [4.69, 9.17) is 11.6 Å². The molecule has 0 aromatic carbocycles. The van der Waals surface area contributed by atoms with Gasteiger partial charge in [0, 0.05) is 13.6 Å². The van der Waals surface area contributed by atoms with E-state index in [2.05, 4.69) is 16.5 Å². The molecule has 0 radical (unpaired) electrons. The van der Waals surface area contributed by atoms with E-state index in [9.17, 15) is 4.79 Å². The second-order valence-electron chi connectivity index (χ2n) is 4.23. The Balaban J connectivity index is 1.95. The predicted molar refractivity (Wildman–Crippen MR) is 69.5 cm³/mol. The number of nitrogens with zero attached hydrogens (tertiary/aromatic N) is 2. The van der Waals surface area contributed by atoms with Crippen molar-refractivity contribution in [1.82, 2.24) is 9.78 Å². The lowest BCUT2D eigenvalue weighted by Gasteiger charge is -2.08. The zero-order chi connectivity index (χ0) is 12.3. The first-order valence-electron chi connectivity index (χ1n) is 5.82. The highest BCUT2D eigenvalue weighted by molar-refractivity contribution is 6.32. The Bertz CT molecular complexity index is 493. The molecule has 17 heavy (non-hydrogen) atoms. The van der Waals surface area contributed by atoms with Crippen molar-refractivity contribution in [3.63, 3.8) is 0 Å². The molecule has 0 saturated carbocycles. The minimum atomic E-state index is -0.267. The van der Waals surface area contributed by atoms with E-state index in [0.29, 0.717) is 5.69 Å². The van der Waals surface area contributed by atoms with Crippen LogP contribution in [0.3, 0.4) is 0 Å². The summed E-state index contributed by atoms with van der Waals surface area (Å²) in [6.45, 7) is 0.792. The van der Waals surface area contributed by atoms with Gasteiger partial charge in [-0.3, -0.25) is 4.79 Å². The number of aromatic nitrogens is 2. The summed E-state index contributed by atoms with van der Waals surface area (Å²) in [4.78, 5) is 11.5. The van der Waals surface area contributed by atoms with Crippen LogP contribution in [0, 0.1) is 0 Å². The van der Waals surface area contributed by atoms with Gasteiger partial charge in [-0.25, -0.2) is 4.68 Å². The van der Waals surface area contributed by atoms with Gasteiger partial charge in [0.05, 0.1) is 11.9 Å². The summed E-state index contributed by atoms with van der Waals surface area (Å²) in [6.07, 6.45) is 8.56. The van der Waals surface area contributed by atoms with Crippen LogP contribution in [0.2, 0.25) is 5.02 Å². The Morgan fingerprint density at radius 2 is 2.41 bits per heavy atom. The number of hydrogen-bond donors (Lipinski definition) is 1. The standard InChI is InChI=1S/C12H16ClN3O/c1-16-12(17)11(13)10(8-15-16)14-7-6-9-4-2-3-5-9/h4,8,14H,2-3,5-7H2,1H3. The molecule has 1 aromatic rings. The van der Waals surface area contributed by atoms with E-state index in [-0.39, 0.29) is 10.6 Å². The van der Waals surface area contributed by atoms with Gasteiger partial charge >= 0.3 is 0 Å². The van der Waals surface area contributed by atoms with Crippen molar-refractivity contribution >= 4 is 17.3 Å². The van der Waals surface area contributed by atoms with Gasteiger partial charge in [-0.2, -0.15) is 5.10 Å². The van der Waals surface area contributed by atoms with Crippen LogP contribution < -0.4 is 10.9 Å². The van der Waals surface area contributed by atoms with Crippen LogP contribution in [0.1, 0.15) is 25.7 Å². The van der Waals surface area contributed by atoms with Crippen molar-refractivity contribution in [1.29, 1.82) is 0 Å². The van der Waals surface area contributed by atoms with Crippen molar-refractivity contribution in [2.24, 2.45) is 7.05 Å². The molecular weight excluding hydrogens is 238 g/mol. The quantitative estimate of drug-likeness (QED) is 0.838. The van der Waals surface area contributed by atoms with Gasteiger partial charge in [-0.1, -0.05) is 23.3 Å². The molecule has 2 rings (SSSR count). The summed E-state index contributed by atoms with van der Waals surface area (Å²) >= 11 is 5.94. The first kappa shape index (κ1) is 12.2. The number of anilines is 1. The van der Waals surface area contributed by atoms with Crippen LogP contribution >= 0.6 is 11.6 Å².